The van der Waals surface area contributed by atoms with Gasteiger partial charge in [-0.05, 0) is 23.8 Å². The van der Waals surface area contributed by atoms with Crippen LogP contribution >= 0.6 is 11.6 Å². The molecule has 7 heteroatoms. The average molecular weight is 395 g/mol. The SMILES string of the molecule is Cn1c2cc(O)c(F)cc2c2c3c(c(-c4ccccc4Cl)cc21)C(=O)NC3=O. The van der Waals surface area contributed by atoms with Crippen LogP contribution in [-0.4, -0.2) is 21.5 Å². The number of hydrogen-bond donors (Lipinski definition) is 2. The van der Waals surface area contributed by atoms with Crippen LogP contribution in [0, 0.1) is 5.82 Å². The largest absolute Gasteiger partial charge is 0.505 e. The second-order valence-corrected chi connectivity index (χ2v) is 7.12. The highest BCUT2D eigenvalue weighted by Gasteiger charge is 2.34. The summed E-state index contributed by atoms with van der Waals surface area (Å²) in [5.74, 6) is -2.34. The fourth-order valence-electron chi connectivity index (χ4n) is 3.95. The van der Waals surface area contributed by atoms with Crippen LogP contribution in [0.25, 0.3) is 32.9 Å². The van der Waals surface area contributed by atoms with Gasteiger partial charge in [-0.3, -0.25) is 14.9 Å². The highest BCUT2D eigenvalue weighted by atomic mass is 35.5. The van der Waals surface area contributed by atoms with Gasteiger partial charge in [-0.25, -0.2) is 4.39 Å². The summed E-state index contributed by atoms with van der Waals surface area (Å²) in [5, 5.41) is 13.5. The number of aromatic hydroxyl groups is 1. The van der Waals surface area contributed by atoms with Crippen molar-refractivity contribution in [3.63, 3.8) is 0 Å². The van der Waals surface area contributed by atoms with Gasteiger partial charge in [-0.2, -0.15) is 0 Å². The maximum Gasteiger partial charge on any atom is 0.259 e. The number of amides is 2. The number of aryl methyl sites for hydroxylation is 1. The Bertz CT molecular complexity index is 1370. The fraction of sp³-hybridized carbons (Fsp3) is 0.0476. The Hall–Kier alpha value is -3.38. The Morgan fingerprint density at radius 3 is 2.46 bits per heavy atom. The van der Waals surface area contributed by atoms with Gasteiger partial charge < -0.3 is 9.67 Å². The van der Waals surface area contributed by atoms with E-state index in [4.69, 9.17) is 11.6 Å². The van der Waals surface area contributed by atoms with Gasteiger partial charge in [-0.1, -0.05) is 29.8 Å². The highest BCUT2D eigenvalue weighted by Crippen LogP contribution is 2.42. The first kappa shape index (κ1) is 16.8. The van der Waals surface area contributed by atoms with E-state index in [2.05, 4.69) is 5.32 Å². The standard InChI is InChI=1S/C21H12ClFN2O3/c1-25-14-8-16(26)13(23)6-11(14)17-15(25)7-10(9-4-2-3-5-12(9)22)18-19(17)21(28)24-20(18)27/h2-8,26H,1H3,(H,24,27,28). The molecule has 2 amide bonds. The maximum absolute atomic E-state index is 14.1. The van der Waals surface area contributed by atoms with E-state index < -0.39 is 23.4 Å². The number of hydrogen-bond acceptors (Lipinski definition) is 3. The lowest BCUT2D eigenvalue weighted by Gasteiger charge is -2.10. The zero-order valence-electron chi connectivity index (χ0n) is 14.5. The molecule has 28 heavy (non-hydrogen) atoms. The first-order chi connectivity index (χ1) is 13.4. The number of aromatic nitrogens is 1. The van der Waals surface area contributed by atoms with Gasteiger partial charge in [0.05, 0.1) is 22.2 Å². The number of imide groups is 1. The molecule has 0 fully saturated rings. The molecule has 0 aliphatic carbocycles. The summed E-state index contributed by atoms with van der Waals surface area (Å²) >= 11 is 6.35. The number of fused-ring (bicyclic) bond motifs is 5. The molecule has 0 bridgehead atoms. The van der Waals surface area contributed by atoms with Gasteiger partial charge in [0.25, 0.3) is 11.8 Å². The molecule has 2 heterocycles. The van der Waals surface area contributed by atoms with Crippen molar-refractivity contribution < 1.29 is 19.1 Å². The molecule has 3 aromatic carbocycles. The lowest BCUT2D eigenvalue weighted by molar-refractivity contribution is 0.0880. The Balaban J connectivity index is 2.03. The normalized spacial score (nSPS) is 13.4. The molecule has 2 N–H and O–H groups in total. The summed E-state index contributed by atoms with van der Waals surface area (Å²) in [6.07, 6.45) is 0. The number of phenols is 1. The third-order valence-electron chi connectivity index (χ3n) is 5.21. The second kappa shape index (κ2) is 5.56. The monoisotopic (exact) mass is 394 g/mol. The number of rotatable bonds is 1. The van der Waals surface area contributed by atoms with E-state index in [0.29, 0.717) is 38.0 Å². The van der Waals surface area contributed by atoms with Crippen LogP contribution in [0.1, 0.15) is 20.7 Å². The van der Waals surface area contributed by atoms with Gasteiger partial charge in [0.1, 0.15) is 0 Å². The Labute approximate surface area is 162 Å². The molecule has 4 aromatic rings. The molecule has 5 rings (SSSR count). The van der Waals surface area contributed by atoms with Crippen molar-refractivity contribution in [2.75, 3.05) is 0 Å². The van der Waals surface area contributed by atoms with Crippen LogP contribution in [0.15, 0.2) is 42.5 Å². The molecule has 0 radical (unpaired) electrons. The van der Waals surface area contributed by atoms with Crippen molar-refractivity contribution >= 4 is 45.2 Å². The summed E-state index contributed by atoms with van der Waals surface area (Å²) in [4.78, 5) is 25.2. The molecular weight excluding hydrogens is 383 g/mol. The topological polar surface area (TPSA) is 71.3 Å². The number of carbonyl (C=O) groups is 2. The molecule has 138 valence electrons. The Morgan fingerprint density at radius 2 is 1.71 bits per heavy atom. The van der Waals surface area contributed by atoms with Crippen LogP contribution in [0.2, 0.25) is 5.02 Å². The zero-order valence-corrected chi connectivity index (χ0v) is 15.3. The molecule has 0 unspecified atom stereocenters. The lowest BCUT2D eigenvalue weighted by Crippen LogP contribution is -2.20. The molecule has 0 spiro atoms. The summed E-state index contributed by atoms with van der Waals surface area (Å²) in [7, 11) is 1.75. The Kier molecular flexibility index (Phi) is 3.33. The van der Waals surface area contributed by atoms with E-state index in [1.165, 1.54) is 12.1 Å². The number of carbonyl (C=O) groups excluding carboxylic acids is 2. The van der Waals surface area contributed by atoms with Gasteiger partial charge in [0, 0.05) is 34.5 Å². The first-order valence-electron chi connectivity index (χ1n) is 8.46. The van der Waals surface area contributed by atoms with Crippen LogP contribution in [0.5, 0.6) is 5.75 Å². The molecule has 0 atom stereocenters. The van der Waals surface area contributed by atoms with Gasteiger partial charge >= 0.3 is 0 Å². The first-order valence-corrected chi connectivity index (χ1v) is 8.84. The van der Waals surface area contributed by atoms with E-state index in [1.807, 2.05) is 0 Å². The van der Waals surface area contributed by atoms with Crippen molar-refractivity contribution in [2.45, 2.75) is 0 Å². The van der Waals surface area contributed by atoms with Crippen molar-refractivity contribution in [3.05, 3.63) is 64.4 Å². The van der Waals surface area contributed by atoms with Crippen molar-refractivity contribution in [2.24, 2.45) is 7.05 Å². The van der Waals surface area contributed by atoms with E-state index in [9.17, 15) is 19.1 Å². The Morgan fingerprint density at radius 1 is 1.00 bits per heavy atom. The van der Waals surface area contributed by atoms with Gasteiger partial charge in [-0.15, -0.1) is 0 Å². The third-order valence-corrected chi connectivity index (χ3v) is 5.54. The average Bonchev–Trinajstić information content (AvgIpc) is 3.10. The van der Waals surface area contributed by atoms with Crippen LogP contribution < -0.4 is 5.32 Å². The third kappa shape index (κ3) is 2.06. The number of halogens is 2. The quantitative estimate of drug-likeness (QED) is 0.471. The summed E-state index contributed by atoms with van der Waals surface area (Å²) < 4.78 is 15.8. The van der Waals surface area contributed by atoms with Gasteiger partial charge in [0.2, 0.25) is 0 Å². The van der Waals surface area contributed by atoms with Crippen LogP contribution in [-0.2, 0) is 7.05 Å². The molecule has 0 saturated carbocycles. The number of nitrogens with one attached hydrogen (secondary N) is 1. The zero-order chi connectivity index (χ0) is 19.7. The minimum Gasteiger partial charge on any atom is -0.505 e. The fourth-order valence-corrected chi connectivity index (χ4v) is 4.18. The van der Waals surface area contributed by atoms with E-state index in [0.717, 1.165) is 0 Å². The summed E-state index contributed by atoms with van der Waals surface area (Å²) in [5.41, 5.74) is 2.70. The minimum absolute atomic E-state index is 0.188. The van der Waals surface area contributed by atoms with Crippen LogP contribution in [0.3, 0.4) is 0 Å². The molecule has 5 nitrogen and oxygen atoms in total. The molecule has 0 saturated heterocycles. The van der Waals surface area contributed by atoms with E-state index in [1.54, 1.807) is 41.9 Å². The summed E-state index contributed by atoms with van der Waals surface area (Å²) in [6.45, 7) is 0. The van der Waals surface area contributed by atoms with E-state index >= 15 is 0 Å². The summed E-state index contributed by atoms with van der Waals surface area (Å²) in [6, 6.07) is 11.3. The maximum atomic E-state index is 14.1. The van der Waals surface area contributed by atoms with Gasteiger partial charge in [0.15, 0.2) is 11.6 Å². The molecular formula is C21H12ClFN2O3. The van der Waals surface area contributed by atoms with Crippen molar-refractivity contribution in [1.82, 2.24) is 9.88 Å². The highest BCUT2D eigenvalue weighted by molar-refractivity contribution is 6.36. The smallest absolute Gasteiger partial charge is 0.259 e. The second-order valence-electron chi connectivity index (χ2n) is 6.71. The predicted octanol–water partition coefficient (Wildman–Crippen LogP) is 4.38. The number of phenolic OH excluding ortho intramolecular Hbond substituents is 1. The van der Waals surface area contributed by atoms with E-state index in [-0.39, 0.29) is 11.1 Å². The molecule has 1 aliphatic rings. The number of nitrogens with zero attached hydrogens (tertiary/aromatic N) is 1. The van der Waals surface area contributed by atoms with Crippen LogP contribution in [0.4, 0.5) is 4.39 Å². The molecule has 1 aliphatic heterocycles. The predicted molar refractivity (Wildman–Crippen MR) is 104 cm³/mol. The minimum atomic E-state index is -0.798. The lowest BCUT2D eigenvalue weighted by atomic mass is 9.93. The van der Waals surface area contributed by atoms with Crippen molar-refractivity contribution in [3.8, 4) is 16.9 Å². The number of benzene rings is 3. The molecule has 1 aromatic heterocycles. The van der Waals surface area contributed by atoms with Crippen molar-refractivity contribution in [1.29, 1.82) is 0 Å².